The van der Waals surface area contributed by atoms with Gasteiger partial charge in [0, 0.05) is 0 Å². The summed E-state index contributed by atoms with van der Waals surface area (Å²) >= 11 is 1.47. The molecular formula is C27H30N4O6S. The maximum absolute atomic E-state index is 13.4. The largest absolute Gasteiger partial charge is 0.480 e. The number of carbonyl (C=O) groups is 4. The molecule has 3 saturated heterocycles. The molecule has 0 saturated carbocycles. The fourth-order valence-corrected chi connectivity index (χ4v) is 7.28. The van der Waals surface area contributed by atoms with Crippen molar-refractivity contribution in [1.29, 1.82) is 0 Å². The minimum atomic E-state index is -1.10. The van der Waals surface area contributed by atoms with Gasteiger partial charge in [0.15, 0.2) is 0 Å². The Balaban J connectivity index is 1.29. The molecule has 10 nitrogen and oxygen atoms in total. The Bertz CT molecular complexity index is 1200. The van der Waals surface area contributed by atoms with Gasteiger partial charge in [-0.1, -0.05) is 60.7 Å². The van der Waals surface area contributed by atoms with Crippen LogP contribution in [0.4, 0.5) is 4.79 Å². The summed E-state index contributed by atoms with van der Waals surface area (Å²) in [5, 5.41) is 14.9. The molecule has 0 aromatic heterocycles. The molecule has 3 heterocycles. The van der Waals surface area contributed by atoms with E-state index in [4.69, 9.17) is 4.74 Å². The third kappa shape index (κ3) is 4.95. The first-order valence-electron chi connectivity index (χ1n) is 12.5. The van der Waals surface area contributed by atoms with E-state index in [1.165, 1.54) is 16.7 Å². The fourth-order valence-electron chi connectivity index (χ4n) is 5.37. The molecular weight excluding hydrogens is 508 g/mol. The Kier molecular flexibility index (Phi) is 7.31. The second kappa shape index (κ2) is 10.7. The molecule has 3 N–H and O–H groups in total. The van der Waals surface area contributed by atoms with Crippen LogP contribution in [0.15, 0.2) is 60.7 Å². The van der Waals surface area contributed by atoms with Crippen LogP contribution < -0.4 is 10.6 Å². The number of nitrogens with one attached hydrogen (secondary N) is 2. The summed E-state index contributed by atoms with van der Waals surface area (Å²) in [6, 6.07) is 15.0. The molecule has 0 radical (unpaired) electrons. The molecule has 38 heavy (non-hydrogen) atoms. The van der Waals surface area contributed by atoms with Gasteiger partial charge in [0.25, 0.3) is 0 Å². The molecule has 1 spiro atoms. The Morgan fingerprint density at radius 2 is 1.71 bits per heavy atom. The van der Waals surface area contributed by atoms with Gasteiger partial charge in [-0.2, -0.15) is 0 Å². The predicted octanol–water partition coefficient (Wildman–Crippen LogP) is 1.97. The van der Waals surface area contributed by atoms with E-state index in [1.54, 1.807) is 30.3 Å². The first kappa shape index (κ1) is 26.1. The number of amides is 3. The van der Waals surface area contributed by atoms with Gasteiger partial charge in [0.2, 0.25) is 11.8 Å². The van der Waals surface area contributed by atoms with Crippen molar-refractivity contribution in [1.82, 2.24) is 20.4 Å². The third-order valence-electron chi connectivity index (χ3n) is 7.45. The molecule has 3 aliphatic heterocycles. The smallest absolute Gasteiger partial charge is 0.408 e. The first-order valence-corrected chi connectivity index (χ1v) is 13.4. The van der Waals surface area contributed by atoms with E-state index in [2.05, 4.69) is 15.5 Å². The number of fused-ring (bicyclic) bond motifs is 1. The molecule has 3 fully saturated rings. The quantitative estimate of drug-likeness (QED) is 0.457. The molecule has 3 aliphatic rings. The normalized spacial score (nSPS) is 24.7. The minimum absolute atomic E-state index is 0.0401. The van der Waals surface area contributed by atoms with Crippen LogP contribution in [0.3, 0.4) is 0 Å². The number of nitrogens with zero attached hydrogens (tertiary/aromatic N) is 2. The first-order chi connectivity index (χ1) is 18.3. The van der Waals surface area contributed by atoms with Crippen molar-refractivity contribution >= 4 is 35.6 Å². The average molecular weight is 539 g/mol. The zero-order chi connectivity index (χ0) is 26.9. The lowest BCUT2D eigenvalue weighted by Gasteiger charge is -2.44. The number of alkyl carbamates (subject to hydrolysis) is 1. The van der Waals surface area contributed by atoms with Gasteiger partial charge in [-0.3, -0.25) is 9.59 Å². The highest BCUT2D eigenvalue weighted by molar-refractivity contribution is 8.01. The number of likely N-dealkylation sites (tertiary alicyclic amines) is 1. The van der Waals surface area contributed by atoms with Crippen molar-refractivity contribution in [3.8, 4) is 0 Å². The molecule has 2 aromatic rings. The molecule has 4 atom stereocenters. The predicted molar refractivity (Wildman–Crippen MR) is 140 cm³/mol. The van der Waals surface area contributed by atoms with Crippen LogP contribution in [0.25, 0.3) is 0 Å². The lowest BCUT2D eigenvalue weighted by atomic mass is 9.85. The second-order valence-corrected chi connectivity index (χ2v) is 11.4. The summed E-state index contributed by atoms with van der Waals surface area (Å²) in [6.07, 6.45) is 0.520. The van der Waals surface area contributed by atoms with E-state index >= 15 is 0 Å². The number of hydrogen-bond acceptors (Lipinski definition) is 7. The lowest BCUT2D eigenvalue weighted by Crippen LogP contribution is -2.71. The molecule has 3 amide bonds. The van der Waals surface area contributed by atoms with Crippen LogP contribution in [0, 0.1) is 0 Å². The zero-order valence-electron chi connectivity index (χ0n) is 20.9. The van der Waals surface area contributed by atoms with Crippen molar-refractivity contribution in [2.24, 2.45) is 0 Å². The standard InChI is InChI=1S/C27H30N4O6S/c1-30-14-12-27(13-15-30)21(25(34)35)31-23(33)20(24(31)38-27)28-22(32)19(18-10-6-3-7-11-18)29-26(36)37-16-17-8-4-2-5-9-17/h2-11,19-21,24H,12-16H2,1H3,(H,28,32)(H,29,36)(H,34,35)/t19?,20?,21?,24-/m0/s1. The van der Waals surface area contributed by atoms with Crippen LogP contribution in [0.2, 0.25) is 0 Å². The van der Waals surface area contributed by atoms with Crippen molar-refractivity contribution in [3.05, 3.63) is 71.8 Å². The van der Waals surface area contributed by atoms with Crippen LogP contribution in [-0.4, -0.2) is 81.1 Å². The Hall–Kier alpha value is -3.57. The molecule has 0 bridgehead atoms. The SMILES string of the molecule is CN1CCC2(CC1)S[C@H]1C(NC(=O)C(NC(=O)OCc3ccccc3)c3ccccc3)C(=O)N1C2C(=O)O. The highest BCUT2D eigenvalue weighted by Gasteiger charge is 2.67. The second-order valence-electron chi connectivity index (χ2n) is 9.90. The van der Waals surface area contributed by atoms with E-state index in [-0.39, 0.29) is 6.61 Å². The maximum atomic E-state index is 13.4. The number of ether oxygens (including phenoxy) is 1. The zero-order valence-corrected chi connectivity index (χ0v) is 21.7. The van der Waals surface area contributed by atoms with Gasteiger partial charge in [-0.05, 0) is 44.1 Å². The Morgan fingerprint density at radius 1 is 1.08 bits per heavy atom. The molecule has 2 aromatic carbocycles. The summed E-state index contributed by atoms with van der Waals surface area (Å²) in [7, 11) is 1.99. The third-order valence-corrected chi connectivity index (χ3v) is 9.29. The summed E-state index contributed by atoms with van der Waals surface area (Å²) in [5.41, 5.74) is 1.33. The van der Waals surface area contributed by atoms with Crippen molar-refractivity contribution in [2.75, 3.05) is 20.1 Å². The van der Waals surface area contributed by atoms with E-state index in [1.807, 2.05) is 37.4 Å². The summed E-state index contributed by atoms with van der Waals surface area (Å²) in [6.45, 7) is 1.53. The van der Waals surface area contributed by atoms with Crippen LogP contribution >= 0.6 is 11.8 Å². The number of β-lactam (4-membered cyclic amide) rings is 1. The molecule has 0 aliphatic carbocycles. The van der Waals surface area contributed by atoms with Gasteiger partial charge in [0.1, 0.15) is 30.1 Å². The number of piperidine rings is 1. The van der Waals surface area contributed by atoms with Gasteiger partial charge in [0.05, 0.1) is 4.75 Å². The molecule has 200 valence electrons. The van der Waals surface area contributed by atoms with E-state index in [0.717, 1.165) is 18.7 Å². The Labute approximate surface area is 224 Å². The number of thioether (sulfide) groups is 1. The van der Waals surface area contributed by atoms with E-state index in [0.29, 0.717) is 18.4 Å². The minimum Gasteiger partial charge on any atom is -0.480 e. The maximum Gasteiger partial charge on any atom is 0.408 e. The number of carboxylic acid groups (broad SMARTS) is 1. The summed E-state index contributed by atoms with van der Waals surface area (Å²) < 4.78 is 4.72. The van der Waals surface area contributed by atoms with Crippen LogP contribution in [-0.2, 0) is 25.7 Å². The van der Waals surface area contributed by atoms with E-state index < -0.39 is 52.1 Å². The average Bonchev–Trinajstić information content (AvgIpc) is 3.23. The van der Waals surface area contributed by atoms with Crippen molar-refractivity contribution in [2.45, 2.75) is 47.7 Å². The lowest BCUT2D eigenvalue weighted by molar-refractivity contribution is -0.162. The van der Waals surface area contributed by atoms with Crippen molar-refractivity contribution in [3.63, 3.8) is 0 Å². The van der Waals surface area contributed by atoms with E-state index in [9.17, 15) is 24.3 Å². The number of benzene rings is 2. The van der Waals surface area contributed by atoms with Gasteiger partial charge in [-0.25, -0.2) is 9.59 Å². The number of carboxylic acids is 1. The van der Waals surface area contributed by atoms with Crippen LogP contribution in [0.1, 0.15) is 30.0 Å². The monoisotopic (exact) mass is 538 g/mol. The number of aliphatic carboxylic acids is 1. The van der Waals surface area contributed by atoms with Crippen molar-refractivity contribution < 1.29 is 29.0 Å². The molecule has 5 rings (SSSR count). The molecule has 3 unspecified atom stereocenters. The topological polar surface area (TPSA) is 128 Å². The highest BCUT2D eigenvalue weighted by atomic mass is 32.2. The van der Waals surface area contributed by atoms with Gasteiger partial charge >= 0.3 is 12.1 Å². The fraction of sp³-hybridized carbons (Fsp3) is 0.407. The summed E-state index contributed by atoms with van der Waals surface area (Å²) in [4.78, 5) is 55.0. The summed E-state index contributed by atoms with van der Waals surface area (Å²) in [5.74, 6) is -2.01. The highest BCUT2D eigenvalue weighted by Crippen LogP contribution is 2.55. The van der Waals surface area contributed by atoms with Gasteiger partial charge in [-0.15, -0.1) is 11.8 Å². The molecule has 11 heteroatoms. The number of rotatable bonds is 7. The number of carbonyl (C=O) groups excluding carboxylic acids is 3. The number of hydrogen-bond donors (Lipinski definition) is 3. The Morgan fingerprint density at radius 3 is 2.34 bits per heavy atom. The van der Waals surface area contributed by atoms with Crippen LogP contribution in [0.5, 0.6) is 0 Å². The van der Waals surface area contributed by atoms with Gasteiger partial charge < -0.3 is 30.3 Å².